The Morgan fingerprint density at radius 2 is 1.75 bits per heavy atom. The van der Waals surface area contributed by atoms with Crippen molar-refractivity contribution in [1.82, 2.24) is 9.80 Å². The number of hydrogen-bond donors (Lipinski definition) is 0. The minimum absolute atomic E-state index is 0.132. The van der Waals surface area contributed by atoms with Gasteiger partial charge in [0.05, 0.1) is 5.41 Å². The van der Waals surface area contributed by atoms with E-state index in [2.05, 4.69) is 24.0 Å². The maximum Gasteiger partial charge on any atom is 0.417 e. The standard InChI is InChI=1S/C23H26N2O3/c1-17-13-24(14-18-9-5-3-6-10-18)16-23(17,2)21(26)25-20(15-28-22(25)27)19-11-7-4-8-12-19/h3-12,17,20H,13-16H2,1-2H3/t17-,20-,23+/m0/s1. The highest BCUT2D eigenvalue weighted by Crippen LogP contribution is 2.41. The van der Waals surface area contributed by atoms with Gasteiger partial charge in [0, 0.05) is 19.6 Å². The van der Waals surface area contributed by atoms with E-state index in [4.69, 9.17) is 4.74 Å². The normalized spacial score (nSPS) is 27.8. The molecule has 0 saturated carbocycles. The van der Waals surface area contributed by atoms with Crippen LogP contribution in [0.3, 0.4) is 0 Å². The van der Waals surface area contributed by atoms with E-state index in [0.29, 0.717) is 6.54 Å². The summed E-state index contributed by atoms with van der Waals surface area (Å²) in [4.78, 5) is 29.7. The Morgan fingerprint density at radius 3 is 2.43 bits per heavy atom. The molecule has 2 fully saturated rings. The summed E-state index contributed by atoms with van der Waals surface area (Å²) in [7, 11) is 0. The number of carbonyl (C=O) groups is 2. The van der Waals surface area contributed by atoms with E-state index in [9.17, 15) is 9.59 Å². The molecule has 2 saturated heterocycles. The fraction of sp³-hybridized carbons (Fsp3) is 0.391. The lowest BCUT2D eigenvalue weighted by Crippen LogP contribution is -2.47. The molecule has 0 N–H and O–H groups in total. The fourth-order valence-corrected chi connectivity index (χ4v) is 4.36. The van der Waals surface area contributed by atoms with Gasteiger partial charge in [0.1, 0.15) is 12.6 Å². The highest BCUT2D eigenvalue weighted by Gasteiger charge is 2.52. The average Bonchev–Trinajstić information content (AvgIpc) is 3.23. The highest BCUT2D eigenvalue weighted by molar-refractivity contribution is 5.97. The van der Waals surface area contributed by atoms with Crippen LogP contribution in [0.2, 0.25) is 0 Å². The number of ether oxygens (including phenoxy) is 1. The lowest BCUT2D eigenvalue weighted by Gasteiger charge is -2.32. The van der Waals surface area contributed by atoms with Gasteiger partial charge in [-0.05, 0) is 24.0 Å². The Hall–Kier alpha value is -2.66. The number of amides is 2. The maximum atomic E-state index is 13.6. The highest BCUT2D eigenvalue weighted by atomic mass is 16.6. The molecule has 0 spiro atoms. The third-order valence-corrected chi connectivity index (χ3v) is 6.19. The van der Waals surface area contributed by atoms with E-state index in [0.717, 1.165) is 18.7 Å². The van der Waals surface area contributed by atoms with E-state index < -0.39 is 11.5 Å². The molecule has 0 aliphatic carbocycles. The molecule has 0 bridgehead atoms. The summed E-state index contributed by atoms with van der Waals surface area (Å²) in [5, 5.41) is 0. The molecule has 0 aromatic heterocycles. The zero-order chi connectivity index (χ0) is 19.7. The zero-order valence-electron chi connectivity index (χ0n) is 16.4. The van der Waals surface area contributed by atoms with Gasteiger partial charge >= 0.3 is 6.09 Å². The van der Waals surface area contributed by atoms with Gasteiger partial charge in [-0.2, -0.15) is 0 Å². The minimum atomic E-state index is -0.620. The van der Waals surface area contributed by atoms with Crippen LogP contribution in [-0.4, -0.2) is 41.5 Å². The lowest BCUT2D eigenvalue weighted by molar-refractivity contribution is -0.140. The molecule has 146 valence electrons. The Labute approximate surface area is 165 Å². The largest absolute Gasteiger partial charge is 0.446 e. The average molecular weight is 378 g/mol. The van der Waals surface area contributed by atoms with Gasteiger partial charge in [-0.1, -0.05) is 67.6 Å². The lowest BCUT2D eigenvalue weighted by atomic mass is 9.79. The van der Waals surface area contributed by atoms with E-state index in [-0.39, 0.29) is 24.5 Å². The van der Waals surface area contributed by atoms with Crippen LogP contribution in [0.25, 0.3) is 0 Å². The molecule has 5 nitrogen and oxygen atoms in total. The van der Waals surface area contributed by atoms with Crippen LogP contribution in [0.5, 0.6) is 0 Å². The Kier molecular flexibility index (Phi) is 4.94. The number of likely N-dealkylation sites (tertiary alicyclic amines) is 1. The summed E-state index contributed by atoms with van der Waals surface area (Å²) in [6, 6.07) is 19.6. The molecule has 0 radical (unpaired) electrons. The summed E-state index contributed by atoms with van der Waals surface area (Å²) in [5.41, 5.74) is 1.54. The summed E-state index contributed by atoms with van der Waals surface area (Å²) in [6.07, 6.45) is -0.534. The Morgan fingerprint density at radius 1 is 1.11 bits per heavy atom. The second-order valence-corrected chi connectivity index (χ2v) is 8.15. The van der Waals surface area contributed by atoms with Crippen LogP contribution in [-0.2, 0) is 16.1 Å². The zero-order valence-corrected chi connectivity index (χ0v) is 16.4. The summed E-state index contributed by atoms with van der Waals surface area (Å²) in [5.74, 6) is 0.0143. The van der Waals surface area contributed by atoms with Gasteiger partial charge < -0.3 is 4.74 Å². The number of hydrogen-bond acceptors (Lipinski definition) is 4. The molecular formula is C23H26N2O3. The van der Waals surface area contributed by atoms with Crippen molar-refractivity contribution in [1.29, 1.82) is 0 Å². The molecular weight excluding hydrogens is 352 g/mol. The Balaban J connectivity index is 1.55. The maximum absolute atomic E-state index is 13.6. The molecule has 2 amide bonds. The SMILES string of the molecule is C[C@H]1CN(Cc2ccccc2)C[C@@]1(C)C(=O)N1C(=O)OC[C@H]1c1ccccc1. The van der Waals surface area contributed by atoms with Crippen molar-refractivity contribution < 1.29 is 14.3 Å². The molecule has 4 rings (SSSR count). The van der Waals surface area contributed by atoms with E-state index in [1.54, 1.807) is 0 Å². The second-order valence-electron chi connectivity index (χ2n) is 8.15. The van der Waals surface area contributed by atoms with Gasteiger partial charge in [0.25, 0.3) is 0 Å². The first-order valence-corrected chi connectivity index (χ1v) is 9.80. The first-order chi connectivity index (χ1) is 13.5. The molecule has 2 aliphatic heterocycles. The van der Waals surface area contributed by atoms with Crippen molar-refractivity contribution >= 4 is 12.0 Å². The van der Waals surface area contributed by atoms with Gasteiger partial charge in [0.2, 0.25) is 5.91 Å². The van der Waals surface area contributed by atoms with Crippen molar-refractivity contribution in [2.24, 2.45) is 11.3 Å². The van der Waals surface area contributed by atoms with Crippen LogP contribution >= 0.6 is 0 Å². The van der Waals surface area contributed by atoms with E-state index in [1.165, 1.54) is 10.5 Å². The van der Waals surface area contributed by atoms with Crippen molar-refractivity contribution in [2.75, 3.05) is 19.7 Å². The van der Waals surface area contributed by atoms with Crippen molar-refractivity contribution in [2.45, 2.75) is 26.4 Å². The minimum Gasteiger partial charge on any atom is -0.446 e. The number of cyclic esters (lactones) is 1. The van der Waals surface area contributed by atoms with Gasteiger partial charge in [-0.3, -0.25) is 9.69 Å². The van der Waals surface area contributed by atoms with Gasteiger partial charge in [0.15, 0.2) is 0 Å². The molecule has 2 heterocycles. The molecule has 2 aliphatic rings. The Bertz CT molecular complexity index is 855. The van der Waals surface area contributed by atoms with Crippen LogP contribution < -0.4 is 0 Å². The summed E-state index contributed by atoms with van der Waals surface area (Å²) >= 11 is 0. The van der Waals surface area contributed by atoms with E-state index >= 15 is 0 Å². The smallest absolute Gasteiger partial charge is 0.417 e. The summed E-state index contributed by atoms with van der Waals surface area (Å²) in [6.45, 7) is 6.57. The molecule has 28 heavy (non-hydrogen) atoms. The molecule has 0 unspecified atom stereocenters. The van der Waals surface area contributed by atoms with Crippen molar-refractivity contribution in [3.05, 3.63) is 71.8 Å². The number of benzene rings is 2. The third kappa shape index (κ3) is 3.31. The van der Waals surface area contributed by atoms with Crippen LogP contribution in [0.1, 0.15) is 31.0 Å². The quantitative estimate of drug-likeness (QED) is 0.811. The van der Waals surface area contributed by atoms with Crippen LogP contribution in [0.4, 0.5) is 4.79 Å². The van der Waals surface area contributed by atoms with E-state index in [1.807, 2.05) is 55.5 Å². The number of nitrogens with zero attached hydrogens (tertiary/aromatic N) is 2. The third-order valence-electron chi connectivity index (χ3n) is 6.19. The van der Waals surface area contributed by atoms with Gasteiger partial charge in [-0.25, -0.2) is 9.69 Å². The predicted octanol–water partition coefficient (Wildman–Crippen LogP) is 3.86. The summed E-state index contributed by atoms with van der Waals surface area (Å²) < 4.78 is 5.27. The number of imide groups is 1. The fourth-order valence-electron chi connectivity index (χ4n) is 4.36. The van der Waals surface area contributed by atoms with Gasteiger partial charge in [-0.15, -0.1) is 0 Å². The molecule has 5 heteroatoms. The van der Waals surface area contributed by atoms with Crippen LogP contribution in [0, 0.1) is 11.3 Å². The topological polar surface area (TPSA) is 49.9 Å². The molecule has 2 aromatic carbocycles. The first-order valence-electron chi connectivity index (χ1n) is 9.80. The molecule has 2 aromatic rings. The predicted molar refractivity (Wildman–Crippen MR) is 106 cm³/mol. The van der Waals surface area contributed by atoms with Crippen molar-refractivity contribution in [3.63, 3.8) is 0 Å². The number of carbonyl (C=O) groups excluding carboxylic acids is 2. The second kappa shape index (κ2) is 7.40. The van der Waals surface area contributed by atoms with Crippen LogP contribution in [0.15, 0.2) is 60.7 Å². The monoisotopic (exact) mass is 378 g/mol. The first kappa shape index (κ1) is 18.7. The number of rotatable bonds is 4. The van der Waals surface area contributed by atoms with Crippen molar-refractivity contribution in [3.8, 4) is 0 Å². The molecule has 3 atom stereocenters.